The molecule has 0 aromatic heterocycles. The number of nitro benzene ring substituents is 1. The lowest BCUT2D eigenvalue weighted by Crippen LogP contribution is -2.45. The third kappa shape index (κ3) is 5.74. The monoisotopic (exact) mass is 433 g/mol. The first-order chi connectivity index (χ1) is 14.0. The molecule has 3 rings (SSSR count). The second-order valence-corrected chi connectivity index (χ2v) is 7.61. The second-order valence-electron chi connectivity index (χ2n) is 7.61. The lowest BCUT2D eigenvalue weighted by Gasteiger charge is -2.45. The highest BCUT2D eigenvalue weighted by molar-refractivity contribution is 5.73. The zero-order valence-corrected chi connectivity index (χ0v) is 16.9. The van der Waals surface area contributed by atoms with Gasteiger partial charge in [0.25, 0.3) is 0 Å². The van der Waals surface area contributed by atoms with Gasteiger partial charge in [0.15, 0.2) is 5.75 Å². The number of nitro groups is 1. The van der Waals surface area contributed by atoms with E-state index in [1.165, 1.54) is 32.8 Å². The predicted octanol–water partition coefficient (Wildman–Crippen LogP) is 3.52. The van der Waals surface area contributed by atoms with Crippen LogP contribution in [0.2, 0.25) is 0 Å². The van der Waals surface area contributed by atoms with Crippen molar-refractivity contribution in [2.45, 2.75) is 38.8 Å². The van der Waals surface area contributed by atoms with Gasteiger partial charge in [0.2, 0.25) is 0 Å². The number of piperidine rings is 2. The van der Waals surface area contributed by atoms with Crippen LogP contribution in [0.3, 0.4) is 0 Å². The van der Waals surface area contributed by atoms with Crippen molar-refractivity contribution in [3.63, 3.8) is 0 Å². The van der Waals surface area contributed by atoms with Crippen molar-refractivity contribution in [1.29, 1.82) is 0 Å². The number of carboxylic acid groups (broad SMARTS) is 1. The third-order valence-electron chi connectivity index (χ3n) is 5.77. The van der Waals surface area contributed by atoms with E-state index in [4.69, 9.17) is 14.6 Å². The Hall–Kier alpha value is -2.56. The number of aryl methyl sites for hydroxylation is 1. The van der Waals surface area contributed by atoms with Crippen LogP contribution >= 0.6 is 0 Å². The van der Waals surface area contributed by atoms with Crippen molar-refractivity contribution in [2.75, 3.05) is 38.2 Å². The first-order valence-corrected chi connectivity index (χ1v) is 9.58. The zero-order valence-electron chi connectivity index (χ0n) is 16.9. The summed E-state index contributed by atoms with van der Waals surface area (Å²) in [4.78, 5) is 22.0. The Morgan fingerprint density at radius 3 is 2.20 bits per heavy atom. The van der Waals surface area contributed by atoms with Crippen LogP contribution in [-0.4, -0.2) is 55.5 Å². The minimum Gasteiger partial charge on any atom is -0.490 e. The molecule has 0 saturated carbocycles. The molecule has 0 amide bonds. The number of carboxylic acids is 1. The predicted molar refractivity (Wildman–Crippen MR) is 104 cm³/mol. The topological polar surface area (TPSA) is 105 Å². The SMILES string of the molecule is COc1cc(N2CCC3(CCNCC3)CC2)c(C)cc1[N+](=O)[O-].O=C(O)C(F)(F)F. The van der Waals surface area contributed by atoms with Gasteiger partial charge in [-0.15, -0.1) is 0 Å². The van der Waals surface area contributed by atoms with Gasteiger partial charge in [0, 0.05) is 30.9 Å². The summed E-state index contributed by atoms with van der Waals surface area (Å²) in [5.74, 6) is -2.41. The number of nitrogens with one attached hydrogen (secondary N) is 1. The van der Waals surface area contributed by atoms with Gasteiger partial charge >= 0.3 is 17.8 Å². The van der Waals surface area contributed by atoms with Crippen LogP contribution in [0.5, 0.6) is 5.75 Å². The number of alkyl halides is 3. The number of ether oxygens (including phenoxy) is 1. The molecule has 11 heteroatoms. The number of hydrogen-bond acceptors (Lipinski definition) is 6. The molecular weight excluding hydrogens is 407 g/mol. The van der Waals surface area contributed by atoms with Crippen LogP contribution in [0.25, 0.3) is 0 Å². The molecule has 0 bridgehead atoms. The first kappa shape index (κ1) is 23.7. The number of hydrogen-bond donors (Lipinski definition) is 2. The van der Waals surface area contributed by atoms with E-state index in [1.807, 2.05) is 13.0 Å². The lowest BCUT2D eigenvalue weighted by molar-refractivity contribution is -0.385. The summed E-state index contributed by atoms with van der Waals surface area (Å²) in [6, 6.07) is 3.46. The van der Waals surface area contributed by atoms with Crippen molar-refractivity contribution in [1.82, 2.24) is 5.32 Å². The summed E-state index contributed by atoms with van der Waals surface area (Å²) in [6.07, 6.45) is -0.145. The van der Waals surface area contributed by atoms with Crippen LogP contribution in [0.15, 0.2) is 12.1 Å². The van der Waals surface area contributed by atoms with E-state index in [-0.39, 0.29) is 10.6 Å². The van der Waals surface area contributed by atoms with Crippen LogP contribution in [0.4, 0.5) is 24.5 Å². The number of aliphatic carboxylic acids is 1. The fourth-order valence-electron chi connectivity index (χ4n) is 3.99. The highest BCUT2D eigenvalue weighted by Gasteiger charge is 2.38. The average molecular weight is 433 g/mol. The highest BCUT2D eigenvalue weighted by atomic mass is 19.4. The maximum Gasteiger partial charge on any atom is 0.490 e. The molecular formula is C19H26F3N3O5. The van der Waals surface area contributed by atoms with Crippen molar-refractivity contribution in [3.8, 4) is 5.75 Å². The van der Waals surface area contributed by atoms with Crippen molar-refractivity contribution in [2.24, 2.45) is 5.41 Å². The quantitative estimate of drug-likeness (QED) is 0.555. The summed E-state index contributed by atoms with van der Waals surface area (Å²) in [5.41, 5.74) is 2.55. The number of methoxy groups -OCH3 is 1. The number of benzene rings is 1. The minimum absolute atomic E-state index is 0.0422. The Kier molecular flexibility index (Phi) is 7.51. The Morgan fingerprint density at radius 1 is 1.23 bits per heavy atom. The second kappa shape index (κ2) is 9.50. The Morgan fingerprint density at radius 2 is 1.77 bits per heavy atom. The summed E-state index contributed by atoms with van der Waals surface area (Å²) in [7, 11) is 1.49. The van der Waals surface area contributed by atoms with Crippen molar-refractivity contribution < 1.29 is 32.7 Å². The van der Waals surface area contributed by atoms with E-state index in [0.29, 0.717) is 11.2 Å². The number of anilines is 1. The van der Waals surface area contributed by atoms with E-state index in [1.54, 1.807) is 6.07 Å². The summed E-state index contributed by atoms with van der Waals surface area (Å²) in [6.45, 7) is 6.23. The maximum absolute atomic E-state index is 11.1. The molecule has 2 aliphatic heterocycles. The third-order valence-corrected chi connectivity index (χ3v) is 5.77. The number of carbonyl (C=O) groups is 1. The molecule has 0 atom stereocenters. The van der Waals surface area contributed by atoms with E-state index >= 15 is 0 Å². The first-order valence-electron chi connectivity index (χ1n) is 9.58. The van der Waals surface area contributed by atoms with Crippen molar-refractivity contribution in [3.05, 3.63) is 27.8 Å². The molecule has 0 aliphatic carbocycles. The molecule has 2 N–H and O–H groups in total. The molecule has 1 aromatic rings. The number of rotatable bonds is 3. The standard InChI is InChI=1S/C17H25N3O3.C2HF3O2/c1-13-11-15(20(21)22)16(23-2)12-14(13)19-9-5-17(6-10-19)3-7-18-8-4-17;3-2(4,5)1(6)7/h11-12,18H,3-10H2,1-2H3;(H,6,7). The van der Waals surface area contributed by atoms with Gasteiger partial charge in [0.05, 0.1) is 12.0 Å². The fourth-order valence-corrected chi connectivity index (χ4v) is 3.99. The van der Waals surface area contributed by atoms with Gasteiger partial charge < -0.3 is 20.1 Å². The Bertz CT molecular complexity index is 769. The smallest absolute Gasteiger partial charge is 0.490 e. The average Bonchev–Trinajstić information content (AvgIpc) is 2.69. The van der Waals surface area contributed by atoms with Gasteiger partial charge in [-0.3, -0.25) is 10.1 Å². The molecule has 8 nitrogen and oxygen atoms in total. The normalized spacial score (nSPS) is 18.4. The minimum atomic E-state index is -5.08. The Balaban J connectivity index is 0.000000396. The van der Waals surface area contributed by atoms with Crippen LogP contribution in [0, 0.1) is 22.5 Å². The molecule has 2 heterocycles. The molecule has 168 valence electrons. The van der Waals surface area contributed by atoms with Gasteiger partial charge in [-0.05, 0) is 56.7 Å². The summed E-state index contributed by atoms with van der Waals surface area (Å²) in [5, 5.41) is 21.7. The van der Waals surface area contributed by atoms with E-state index in [2.05, 4.69) is 10.2 Å². The molecule has 2 saturated heterocycles. The molecule has 30 heavy (non-hydrogen) atoms. The van der Waals surface area contributed by atoms with Gasteiger partial charge in [-0.25, -0.2) is 4.79 Å². The number of halogens is 3. The van der Waals surface area contributed by atoms with Gasteiger partial charge in [-0.2, -0.15) is 13.2 Å². The van der Waals surface area contributed by atoms with Crippen LogP contribution in [0.1, 0.15) is 31.2 Å². The molecule has 0 unspecified atom stereocenters. The van der Waals surface area contributed by atoms with Gasteiger partial charge in [0.1, 0.15) is 0 Å². The van der Waals surface area contributed by atoms with E-state index in [9.17, 15) is 23.3 Å². The molecule has 0 radical (unpaired) electrons. The largest absolute Gasteiger partial charge is 0.490 e. The van der Waals surface area contributed by atoms with E-state index < -0.39 is 12.1 Å². The molecule has 1 spiro atoms. The molecule has 2 fully saturated rings. The van der Waals surface area contributed by atoms with Crippen LogP contribution in [-0.2, 0) is 4.79 Å². The highest BCUT2D eigenvalue weighted by Crippen LogP contribution is 2.42. The summed E-state index contributed by atoms with van der Waals surface area (Å²) < 4.78 is 37.0. The number of nitrogens with zero attached hydrogens (tertiary/aromatic N) is 2. The lowest BCUT2D eigenvalue weighted by atomic mass is 9.71. The Labute approximate surface area is 172 Å². The van der Waals surface area contributed by atoms with Crippen LogP contribution < -0.4 is 15.0 Å². The summed E-state index contributed by atoms with van der Waals surface area (Å²) >= 11 is 0. The van der Waals surface area contributed by atoms with Crippen molar-refractivity contribution >= 4 is 17.3 Å². The zero-order chi connectivity index (χ0) is 22.5. The molecule has 2 aliphatic rings. The molecule has 1 aromatic carbocycles. The van der Waals surface area contributed by atoms with Gasteiger partial charge in [-0.1, -0.05) is 0 Å². The van der Waals surface area contributed by atoms with E-state index in [0.717, 1.165) is 37.4 Å². The fraction of sp³-hybridized carbons (Fsp3) is 0.632. The maximum atomic E-state index is 11.1.